The molecule has 0 heterocycles. The molecule has 0 radical (unpaired) electrons. The number of carboxylic acid groups (broad SMARTS) is 1. The molecular formula is C15H7ClF3NO6. The SMILES string of the molecule is O=C(O)c1cc(Oc2ccc(C(=O)C(F)(F)F)cc2Cl)ccc1[N+](=O)[O-]. The smallest absolute Gasteiger partial charge is 0.454 e. The number of nitro groups is 1. The van der Waals surface area contributed by atoms with Crippen molar-refractivity contribution in [3.63, 3.8) is 0 Å². The second-order valence-electron chi connectivity index (χ2n) is 4.82. The van der Waals surface area contributed by atoms with Gasteiger partial charge in [-0.25, -0.2) is 4.79 Å². The van der Waals surface area contributed by atoms with Gasteiger partial charge in [0.25, 0.3) is 11.5 Å². The molecular weight excluding hydrogens is 383 g/mol. The number of hydrogen-bond acceptors (Lipinski definition) is 5. The molecule has 26 heavy (non-hydrogen) atoms. The van der Waals surface area contributed by atoms with Gasteiger partial charge in [0.15, 0.2) is 0 Å². The number of nitro benzene ring substituents is 1. The lowest BCUT2D eigenvalue weighted by Crippen LogP contribution is -2.22. The Bertz CT molecular complexity index is 913. The Morgan fingerprint density at radius 2 is 1.81 bits per heavy atom. The number of benzene rings is 2. The van der Waals surface area contributed by atoms with Crippen LogP contribution in [0.3, 0.4) is 0 Å². The predicted molar refractivity (Wildman–Crippen MR) is 82.0 cm³/mol. The third-order valence-corrected chi connectivity index (χ3v) is 3.37. The molecule has 0 unspecified atom stereocenters. The second-order valence-corrected chi connectivity index (χ2v) is 5.22. The first-order chi connectivity index (χ1) is 12.0. The minimum atomic E-state index is -5.07. The molecule has 0 atom stereocenters. The van der Waals surface area contributed by atoms with E-state index in [1.165, 1.54) is 0 Å². The van der Waals surface area contributed by atoms with E-state index in [-0.39, 0.29) is 16.5 Å². The summed E-state index contributed by atoms with van der Waals surface area (Å²) in [5.74, 6) is -3.98. The van der Waals surface area contributed by atoms with E-state index in [0.717, 1.165) is 36.4 Å². The van der Waals surface area contributed by atoms with Crippen LogP contribution in [0.2, 0.25) is 5.02 Å². The van der Waals surface area contributed by atoms with Gasteiger partial charge in [0.2, 0.25) is 0 Å². The van der Waals surface area contributed by atoms with E-state index in [4.69, 9.17) is 21.4 Å². The molecule has 1 N–H and O–H groups in total. The maximum absolute atomic E-state index is 12.4. The largest absolute Gasteiger partial charge is 0.477 e. The quantitative estimate of drug-likeness (QED) is 0.459. The zero-order valence-corrected chi connectivity index (χ0v) is 13.2. The van der Waals surface area contributed by atoms with Crippen molar-refractivity contribution in [3.8, 4) is 11.5 Å². The summed E-state index contributed by atoms with van der Waals surface area (Å²) in [5, 5.41) is 19.5. The van der Waals surface area contributed by atoms with E-state index in [0.29, 0.717) is 0 Å². The molecule has 0 fully saturated rings. The van der Waals surface area contributed by atoms with Crippen LogP contribution in [-0.4, -0.2) is 28.0 Å². The fourth-order valence-electron chi connectivity index (χ4n) is 1.92. The van der Waals surface area contributed by atoms with Gasteiger partial charge in [0, 0.05) is 17.7 Å². The highest BCUT2D eigenvalue weighted by Crippen LogP contribution is 2.33. The monoisotopic (exact) mass is 389 g/mol. The van der Waals surface area contributed by atoms with Crippen LogP contribution in [0.15, 0.2) is 36.4 Å². The van der Waals surface area contributed by atoms with Gasteiger partial charge in [0.1, 0.15) is 17.1 Å². The number of nitrogens with zero attached hydrogens (tertiary/aromatic N) is 1. The number of hydrogen-bond donors (Lipinski definition) is 1. The van der Waals surface area contributed by atoms with Crippen LogP contribution in [0.5, 0.6) is 11.5 Å². The highest BCUT2D eigenvalue weighted by molar-refractivity contribution is 6.32. The molecule has 0 aliphatic carbocycles. The Morgan fingerprint density at radius 3 is 2.31 bits per heavy atom. The molecule has 2 rings (SSSR count). The number of ketones is 1. The topological polar surface area (TPSA) is 107 Å². The predicted octanol–water partition coefficient (Wildman–Crippen LogP) is 4.48. The van der Waals surface area contributed by atoms with Crippen LogP contribution in [0.4, 0.5) is 18.9 Å². The van der Waals surface area contributed by atoms with E-state index in [1.54, 1.807) is 0 Å². The van der Waals surface area contributed by atoms with Crippen molar-refractivity contribution in [1.29, 1.82) is 0 Å². The van der Waals surface area contributed by atoms with Crippen molar-refractivity contribution in [2.75, 3.05) is 0 Å². The number of halogens is 4. The van der Waals surface area contributed by atoms with E-state index in [1.807, 2.05) is 0 Å². The molecule has 0 amide bonds. The molecule has 0 aliphatic heterocycles. The Kier molecular flexibility index (Phi) is 5.17. The van der Waals surface area contributed by atoms with Crippen molar-refractivity contribution in [2.24, 2.45) is 0 Å². The maximum atomic E-state index is 12.4. The summed E-state index contributed by atoms with van der Waals surface area (Å²) in [6.45, 7) is 0. The molecule has 0 aliphatic rings. The van der Waals surface area contributed by atoms with Crippen molar-refractivity contribution in [1.82, 2.24) is 0 Å². The van der Waals surface area contributed by atoms with Crippen molar-refractivity contribution in [3.05, 3.63) is 62.7 Å². The zero-order valence-electron chi connectivity index (χ0n) is 12.4. The van der Waals surface area contributed by atoms with Gasteiger partial charge in [-0.2, -0.15) is 13.2 Å². The van der Waals surface area contributed by atoms with Crippen LogP contribution >= 0.6 is 11.6 Å². The number of rotatable bonds is 5. The Morgan fingerprint density at radius 1 is 1.15 bits per heavy atom. The van der Waals surface area contributed by atoms with Gasteiger partial charge in [-0.1, -0.05) is 11.6 Å². The first kappa shape index (κ1) is 19.2. The molecule has 136 valence electrons. The average Bonchev–Trinajstić information content (AvgIpc) is 2.54. The number of aromatic carboxylic acids is 1. The van der Waals surface area contributed by atoms with Crippen molar-refractivity contribution in [2.45, 2.75) is 6.18 Å². The van der Waals surface area contributed by atoms with E-state index in [2.05, 4.69) is 0 Å². The Balaban J connectivity index is 2.35. The van der Waals surface area contributed by atoms with Gasteiger partial charge in [-0.15, -0.1) is 0 Å². The first-order valence-corrected chi connectivity index (χ1v) is 6.99. The normalized spacial score (nSPS) is 11.1. The molecule has 2 aromatic carbocycles. The maximum Gasteiger partial charge on any atom is 0.454 e. The average molecular weight is 390 g/mol. The summed E-state index contributed by atoms with van der Waals surface area (Å²) in [6, 6.07) is 5.43. The number of carbonyl (C=O) groups excluding carboxylic acids is 1. The van der Waals surface area contributed by atoms with E-state index in [9.17, 15) is 32.9 Å². The number of ether oxygens (including phenoxy) is 1. The lowest BCUT2D eigenvalue weighted by atomic mass is 10.1. The molecule has 0 saturated heterocycles. The Hall–Kier alpha value is -3.14. The summed E-state index contributed by atoms with van der Waals surface area (Å²) in [6.07, 6.45) is -5.07. The molecule has 0 aromatic heterocycles. The van der Waals surface area contributed by atoms with Crippen molar-refractivity contribution < 1.29 is 37.5 Å². The molecule has 0 bridgehead atoms. The van der Waals surface area contributed by atoms with Gasteiger partial charge in [-0.3, -0.25) is 14.9 Å². The highest BCUT2D eigenvalue weighted by atomic mass is 35.5. The zero-order chi connectivity index (χ0) is 19.6. The van der Waals surface area contributed by atoms with Crippen LogP contribution < -0.4 is 4.74 Å². The van der Waals surface area contributed by atoms with E-state index >= 15 is 0 Å². The third kappa shape index (κ3) is 4.09. The van der Waals surface area contributed by atoms with Crippen LogP contribution in [-0.2, 0) is 0 Å². The summed E-state index contributed by atoms with van der Waals surface area (Å²) in [5.41, 5.74) is -2.01. The minimum absolute atomic E-state index is 0.148. The number of carbonyl (C=O) groups is 2. The number of alkyl halides is 3. The van der Waals surface area contributed by atoms with Gasteiger partial charge < -0.3 is 9.84 Å². The lowest BCUT2D eigenvalue weighted by molar-refractivity contribution is -0.385. The summed E-state index contributed by atoms with van der Waals surface area (Å²) >= 11 is 5.79. The fourth-order valence-corrected chi connectivity index (χ4v) is 2.14. The molecule has 11 heteroatoms. The molecule has 0 spiro atoms. The van der Waals surface area contributed by atoms with Crippen molar-refractivity contribution >= 4 is 29.0 Å². The number of carboxylic acids is 1. The molecule has 7 nitrogen and oxygen atoms in total. The third-order valence-electron chi connectivity index (χ3n) is 3.07. The first-order valence-electron chi connectivity index (χ1n) is 6.61. The van der Waals surface area contributed by atoms with Crippen LogP contribution in [0, 0.1) is 10.1 Å². The Labute approximate surface area is 147 Å². The summed E-state index contributed by atoms with van der Waals surface area (Å²) < 4.78 is 42.5. The highest BCUT2D eigenvalue weighted by Gasteiger charge is 2.39. The minimum Gasteiger partial charge on any atom is -0.477 e. The van der Waals surface area contributed by atoms with Gasteiger partial charge >= 0.3 is 12.1 Å². The molecule has 2 aromatic rings. The van der Waals surface area contributed by atoms with Crippen LogP contribution in [0.1, 0.15) is 20.7 Å². The fraction of sp³-hybridized carbons (Fsp3) is 0.0667. The summed E-state index contributed by atoms with van der Waals surface area (Å²) in [7, 11) is 0. The number of Topliss-reactive ketones (excluding diaryl/α,β-unsaturated/α-hetero) is 1. The van der Waals surface area contributed by atoms with Crippen LogP contribution in [0.25, 0.3) is 0 Å². The van der Waals surface area contributed by atoms with Gasteiger partial charge in [-0.05, 0) is 24.3 Å². The van der Waals surface area contributed by atoms with E-state index < -0.39 is 39.7 Å². The lowest BCUT2D eigenvalue weighted by Gasteiger charge is -2.10. The summed E-state index contributed by atoms with van der Waals surface area (Å²) in [4.78, 5) is 32.1. The van der Waals surface area contributed by atoms with Gasteiger partial charge in [0.05, 0.1) is 9.95 Å². The molecule has 0 saturated carbocycles. The standard InChI is InChI=1S/C15H7ClF3NO6/c16-10-5-7(13(21)15(17,18)19)1-4-12(10)26-8-2-3-11(20(24)25)9(6-8)14(22)23/h1-6H,(H,22,23). The second kappa shape index (κ2) is 7.00.